The quantitative estimate of drug-likeness (QED) is 0.943. The van der Waals surface area contributed by atoms with Crippen molar-refractivity contribution in [2.45, 2.75) is 19.0 Å². The van der Waals surface area contributed by atoms with Crippen molar-refractivity contribution >= 4 is 23.3 Å². The summed E-state index contributed by atoms with van der Waals surface area (Å²) in [7, 11) is 0. The minimum absolute atomic E-state index is 0.0472. The van der Waals surface area contributed by atoms with Crippen LogP contribution in [0.2, 0.25) is 5.02 Å². The Morgan fingerprint density at radius 1 is 1.29 bits per heavy atom. The van der Waals surface area contributed by atoms with E-state index in [0.29, 0.717) is 12.0 Å². The van der Waals surface area contributed by atoms with Crippen LogP contribution in [0.4, 0.5) is 10.1 Å². The van der Waals surface area contributed by atoms with Crippen molar-refractivity contribution in [3.63, 3.8) is 0 Å². The minimum atomic E-state index is -0.890. The summed E-state index contributed by atoms with van der Waals surface area (Å²) in [6.07, 6.45) is 0.443. The number of carboxylic acids is 1. The molecule has 5 heteroatoms. The molecule has 1 atom stereocenters. The molecule has 1 heterocycles. The van der Waals surface area contributed by atoms with E-state index in [9.17, 15) is 14.3 Å². The smallest absolute Gasteiger partial charge is 0.326 e. The number of anilines is 1. The second-order valence-corrected chi connectivity index (χ2v) is 5.41. The summed E-state index contributed by atoms with van der Waals surface area (Å²) in [4.78, 5) is 13.2. The zero-order chi connectivity index (χ0) is 15.0. The molecule has 21 heavy (non-hydrogen) atoms. The second-order valence-electron chi connectivity index (χ2n) is 5.03. The van der Waals surface area contributed by atoms with Gasteiger partial charge in [-0.2, -0.15) is 0 Å². The van der Waals surface area contributed by atoms with Crippen molar-refractivity contribution in [1.82, 2.24) is 0 Å². The van der Waals surface area contributed by atoms with E-state index in [2.05, 4.69) is 0 Å². The van der Waals surface area contributed by atoms with Crippen molar-refractivity contribution < 1.29 is 14.3 Å². The number of halogens is 2. The number of fused-ring (bicyclic) bond motifs is 1. The van der Waals surface area contributed by atoms with Crippen LogP contribution in [0.1, 0.15) is 11.1 Å². The maximum absolute atomic E-state index is 13.5. The summed E-state index contributed by atoms with van der Waals surface area (Å²) in [6.45, 7) is 0.268. The van der Waals surface area contributed by atoms with Crippen molar-refractivity contribution in [3.05, 3.63) is 64.4 Å². The van der Waals surface area contributed by atoms with E-state index in [1.54, 1.807) is 17.0 Å². The number of hydrogen-bond donors (Lipinski definition) is 1. The number of carbonyl (C=O) groups is 1. The van der Waals surface area contributed by atoms with Crippen LogP contribution < -0.4 is 4.90 Å². The number of aliphatic carboxylic acids is 1. The van der Waals surface area contributed by atoms with Gasteiger partial charge in [-0.25, -0.2) is 9.18 Å². The highest BCUT2D eigenvalue weighted by Gasteiger charge is 2.34. The summed E-state index contributed by atoms with van der Waals surface area (Å²) >= 11 is 5.98. The highest BCUT2D eigenvalue weighted by Crippen LogP contribution is 2.34. The van der Waals surface area contributed by atoms with E-state index in [1.807, 2.05) is 24.3 Å². The maximum Gasteiger partial charge on any atom is 0.326 e. The van der Waals surface area contributed by atoms with Crippen LogP contribution in [0.25, 0.3) is 0 Å². The molecular formula is C16H13ClFNO2. The van der Waals surface area contributed by atoms with Gasteiger partial charge in [-0.1, -0.05) is 41.9 Å². The van der Waals surface area contributed by atoms with Crippen molar-refractivity contribution in [2.75, 3.05) is 4.90 Å². The highest BCUT2D eigenvalue weighted by atomic mass is 35.5. The molecule has 2 aromatic carbocycles. The molecule has 3 rings (SSSR count). The molecule has 1 unspecified atom stereocenters. The fraction of sp³-hybridized carbons (Fsp3) is 0.188. The van der Waals surface area contributed by atoms with Gasteiger partial charge in [-0.3, -0.25) is 0 Å². The van der Waals surface area contributed by atoms with E-state index in [1.165, 1.54) is 6.07 Å². The first kappa shape index (κ1) is 13.9. The zero-order valence-electron chi connectivity index (χ0n) is 11.1. The lowest BCUT2D eigenvalue weighted by Crippen LogP contribution is -2.38. The molecule has 0 saturated heterocycles. The predicted molar refractivity (Wildman–Crippen MR) is 79.2 cm³/mol. The maximum atomic E-state index is 13.5. The highest BCUT2D eigenvalue weighted by molar-refractivity contribution is 6.31. The standard InChI is InChI=1S/C16H13ClFNO2/c17-15-11(5-3-6-12(15)18)9-19-13-7-2-1-4-10(13)8-14(19)16(20)21/h1-7,14H,8-9H2,(H,20,21). The summed E-state index contributed by atoms with van der Waals surface area (Å²) in [5, 5.41) is 9.46. The number of rotatable bonds is 3. The van der Waals surface area contributed by atoms with Gasteiger partial charge in [0.15, 0.2) is 0 Å². The number of hydrogen-bond acceptors (Lipinski definition) is 2. The fourth-order valence-electron chi connectivity index (χ4n) is 2.72. The first-order valence-electron chi connectivity index (χ1n) is 6.58. The molecule has 0 amide bonds. The van der Waals surface area contributed by atoms with Gasteiger partial charge in [0.1, 0.15) is 11.9 Å². The Bertz CT molecular complexity index is 704. The van der Waals surface area contributed by atoms with Crippen LogP contribution in [0, 0.1) is 5.82 Å². The lowest BCUT2D eigenvalue weighted by atomic mass is 10.1. The molecule has 0 spiro atoms. The summed E-state index contributed by atoms with van der Waals surface area (Å²) in [5.41, 5.74) is 2.43. The summed E-state index contributed by atoms with van der Waals surface area (Å²) in [6, 6.07) is 11.5. The molecule has 0 saturated carbocycles. The van der Waals surface area contributed by atoms with E-state index in [0.717, 1.165) is 11.3 Å². The molecule has 0 aliphatic carbocycles. The molecule has 3 nitrogen and oxygen atoms in total. The molecule has 1 aliphatic heterocycles. The van der Waals surface area contributed by atoms with Gasteiger partial charge in [-0.15, -0.1) is 0 Å². The van der Waals surface area contributed by atoms with Crippen LogP contribution in [-0.2, 0) is 17.8 Å². The molecule has 0 aromatic heterocycles. The summed E-state index contributed by atoms with van der Waals surface area (Å²) in [5.74, 6) is -1.38. The van der Waals surface area contributed by atoms with Crippen LogP contribution in [-0.4, -0.2) is 17.1 Å². The van der Waals surface area contributed by atoms with Crippen LogP contribution in [0.15, 0.2) is 42.5 Å². The largest absolute Gasteiger partial charge is 0.480 e. The lowest BCUT2D eigenvalue weighted by molar-refractivity contribution is -0.138. The Morgan fingerprint density at radius 3 is 2.81 bits per heavy atom. The molecule has 1 aliphatic rings. The number of carboxylic acid groups (broad SMARTS) is 1. The van der Waals surface area contributed by atoms with E-state index < -0.39 is 17.8 Å². The molecule has 0 fully saturated rings. The Kier molecular flexibility index (Phi) is 3.55. The van der Waals surface area contributed by atoms with Gasteiger partial charge >= 0.3 is 5.97 Å². The topological polar surface area (TPSA) is 40.5 Å². The van der Waals surface area contributed by atoms with E-state index in [4.69, 9.17) is 11.6 Å². The van der Waals surface area contributed by atoms with E-state index in [-0.39, 0.29) is 11.6 Å². The minimum Gasteiger partial charge on any atom is -0.480 e. The van der Waals surface area contributed by atoms with Gasteiger partial charge in [0.05, 0.1) is 5.02 Å². The number of benzene rings is 2. The third-order valence-corrected chi connectivity index (χ3v) is 4.17. The SMILES string of the molecule is O=C(O)C1Cc2ccccc2N1Cc1cccc(F)c1Cl. The van der Waals surface area contributed by atoms with Crippen molar-refractivity contribution in [2.24, 2.45) is 0 Å². The Hall–Kier alpha value is -2.07. The number of para-hydroxylation sites is 1. The van der Waals surface area contributed by atoms with Crippen molar-refractivity contribution in [3.8, 4) is 0 Å². The summed E-state index contributed by atoms with van der Waals surface area (Å²) < 4.78 is 13.5. The first-order valence-corrected chi connectivity index (χ1v) is 6.96. The molecule has 108 valence electrons. The molecule has 2 aromatic rings. The monoisotopic (exact) mass is 305 g/mol. The molecule has 0 bridgehead atoms. The van der Waals surface area contributed by atoms with E-state index >= 15 is 0 Å². The predicted octanol–water partition coefficient (Wildman–Crippen LogP) is 3.50. The van der Waals surface area contributed by atoms with Gasteiger partial charge in [0.2, 0.25) is 0 Å². The average molecular weight is 306 g/mol. The number of nitrogens with zero attached hydrogens (tertiary/aromatic N) is 1. The van der Waals surface area contributed by atoms with Gasteiger partial charge in [0.25, 0.3) is 0 Å². The molecule has 1 N–H and O–H groups in total. The zero-order valence-corrected chi connectivity index (χ0v) is 11.8. The van der Waals surface area contributed by atoms with Gasteiger partial charge < -0.3 is 10.0 Å². The third kappa shape index (κ3) is 2.47. The molecular weight excluding hydrogens is 293 g/mol. The lowest BCUT2D eigenvalue weighted by Gasteiger charge is -2.25. The Labute approximate surface area is 126 Å². The second kappa shape index (κ2) is 5.37. The van der Waals surface area contributed by atoms with Gasteiger partial charge in [0, 0.05) is 18.7 Å². The van der Waals surface area contributed by atoms with Crippen LogP contribution in [0.3, 0.4) is 0 Å². The molecule has 0 radical (unpaired) electrons. The average Bonchev–Trinajstić information content (AvgIpc) is 2.83. The third-order valence-electron chi connectivity index (χ3n) is 3.75. The Morgan fingerprint density at radius 2 is 2.05 bits per heavy atom. The van der Waals surface area contributed by atoms with Gasteiger partial charge in [-0.05, 0) is 23.3 Å². The van der Waals surface area contributed by atoms with Crippen LogP contribution in [0.5, 0.6) is 0 Å². The fourth-order valence-corrected chi connectivity index (χ4v) is 2.91. The first-order chi connectivity index (χ1) is 10.1. The van der Waals surface area contributed by atoms with Crippen molar-refractivity contribution in [1.29, 1.82) is 0 Å². The van der Waals surface area contributed by atoms with Crippen LogP contribution >= 0.6 is 11.6 Å². The normalized spacial score (nSPS) is 16.9. The Balaban J connectivity index is 1.98.